The molecule has 1 aromatic rings. The standard InChI is InChI=1S/C11H17NO2/c1-10(13)9-12-7-8-14-11-5-3-2-4-6-11/h2-6,10,12-13H,7-9H2,1H3/t10-/m0/s1. The van der Waals surface area contributed by atoms with Crippen molar-refractivity contribution in [2.75, 3.05) is 19.7 Å². The fourth-order valence-electron chi connectivity index (χ4n) is 1.07. The Hall–Kier alpha value is -1.06. The number of ether oxygens (including phenoxy) is 1. The number of benzene rings is 1. The van der Waals surface area contributed by atoms with Crippen molar-refractivity contribution in [2.24, 2.45) is 0 Å². The summed E-state index contributed by atoms with van der Waals surface area (Å²) in [5.41, 5.74) is 0. The molecule has 0 radical (unpaired) electrons. The topological polar surface area (TPSA) is 41.5 Å². The second-order valence-electron chi connectivity index (χ2n) is 3.21. The van der Waals surface area contributed by atoms with Crippen LogP contribution in [0.5, 0.6) is 5.75 Å². The third-order valence-corrected chi connectivity index (χ3v) is 1.73. The Kier molecular flexibility index (Phi) is 5.04. The Balaban J connectivity index is 2.05. The van der Waals surface area contributed by atoms with E-state index in [4.69, 9.17) is 9.84 Å². The largest absolute Gasteiger partial charge is 0.492 e. The lowest BCUT2D eigenvalue weighted by atomic mass is 10.3. The average molecular weight is 195 g/mol. The maximum atomic E-state index is 8.97. The summed E-state index contributed by atoms with van der Waals surface area (Å²) < 4.78 is 5.44. The van der Waals surface area contributed by atoms with Crippen molar-refractivity contribution in [3.63, 3.8) is 0 Å². The lowest BCUT2D eigenvalue weighted by molar-refractivity contribution is 0.188. The van der Waals surface area contributed by atoms with E-state index in [1.54, 1.807) is 6.92 Å². The van der Waals surface area contributed by atoms with E-state index in [2.05, 4.69) is 5.32 Å². The first-order chi connectivity index (χ1) is 6.79. The van der Waals surface area contributed by atoms with Gasteiger partial charge in [0.25, 0.3) is 0 Å². The van der Waals surface area contributed by atoms with Gasteiger partial charge in [-0.3, -0.25) is 0 Å². The minimum Gasteiger partial charge on any atom is -0.492 e. The van der Waals surface area contributed by atoms with Crippen LogP contribution in [0.2, 0.25) is 0 Å². The van der Waals surface area contributed by atoms with Gasteiger partial charge in [0.05, 0.1) is 6.10 Å². The molecule has 0 amide bonds. The van der Waals surface area contributed by atoms with E-state index >= 15 is 0 Å². The van der Waals surface area contributed by atoms with Crippen molar-refractivity contribution in [1.82, 2.24) is 5.32 Å². The van der Waals surface area contributed by atoms with Gasteiger partial charge in [0, 0.05) is 13.1 Å². The molecule has 0 aliphatic heterocycles. The predicted molar refractivity (Wildman–Crippen MR) is 56.5 cm³/mol. The molecule has 3 nitrogen and oxygen atoms in total. The summed E-state index contributed by atoms with van der Waals surface area (Å²) in [7, 11) is 0. The van der Waals surface area contributed by atoms with Crippen molar-refractivity contribution < 1.29 is 9.84 Å². The first-order valence-electron chi connectivity index (χ1n) is 4.85. The SMILES string of the molecule is C[C@H](O)CNCCOc1ccccc1. The number of nitrogens with one attached hydrogen (secondary N) is 1. The van der Waals surface area contributed by atoms with Crippen LogP contribution in [0.25, 0.3) is 0 Å². The molecule has 2 N–H and O–H groups in total. The summed E-state index contributed by atoms with van der Waals surface area (Å²) in [6.07, 6.45) is -0.299. The van der Waals surface area contributed by atoms with Crippen LogP contribution in [0.4, 0.5) is 0 Å². The molecule has 0 spiro atoms. The Morgan fingerprint density at radius 2 is 2.07 bits per heavy atom. The maximum absolute atomic E-state index is 8.97. The summed E-state index contributed by atoms with van der Waals surface area (Å²) >= 11 is 0. The summed E-state index contributed by atoms with van der Waals surface area (Å²) in [6.45, 7) is 3.74. The number of aliphatic hydroxyl groups excluding tert-OH is 1. The van der Waals surface area contributed by atoms with Crippen LogP contribution in [0.15, 0.2) is 30.3 Å². The number of hydrogen-bond donors (Lipinski definition) is 2. The van der Waals surface area contributed by atoms with Gasteiger partial charge in [-0.15, -0.1) is 0 Å². The highest BCUT2D eigenvalue weighted by Crippen LogP contribution is 2.07. The summed E-state index contributed by atoms with van der Waals surface area (Å²) in [4.78, 5) is 0. The molecule has 1 atom stereocenters. The molecular formula is C11H17NO2. The fourth-order valence-corrected chi connectivity index (χ4v) is 1.07. The van der Waals surface area contributed by atoms with Gasteiger partial charge in [-0.05, 0) is 19.1 Å². The molecule has 0 unspecified atom stereocenters. The Morgan fingerprint density at radius 1 is 1.36 bits per heavy atom. The van der Waals surface area contributed by atoms with E-state index in [0.717, 1.165) is 12.3 Å². The quantitative estimate of drug-likeness (QED) is 0.666. The van der Waals surface area contributed by atoms with E-state index < -0.39 is 0 Å². The van der Waals surface area contributed by atoms with Crippen molar-refractivity contribution in [3.8, 4) is 5.75 Å². The molecule has 0 saturated heterocycles. The zero-order chi connectivity index (χ0) is 10.2. The minimum atomic E-state index is -0.299. The zero-order valence-corrected chi connectivity index (χ0v) is 8.44. The van der Waals surface area contributed by atoms with E-state index in [1.807, 2.05) is 30.3 Å². The average Bonchev–Trinajstić information content (AvgIpc) is 2.18. The van der Waals surface area contributed by atoms with Crippen molar-refractivity contribution in [2.45, 2.75) is 13.0 Å². The zero-order valence-electron chi connectivity index (χ0n) is 8.44. The summed E-state index contributed by atoms with van der Waals surface area (Å²) in [5.74, 6) is 0.881. The summed E-state index contributed by atoms with van der Waals surface area (Å²) in [6, 6.07) is 9.69. The van der Waals surface area contributed by atoms with E-state index in [0.29, 0.717) is 13.2 Å². The molecule has 0 aliphatic rings. The van der Waals surface area contributed by atoms with Gasteiger partial charge >= 0.3 is 0 Å². The molecule has 14 heavy (non-hydrogen) atoms. The van der Waals surface area contributed by atoms with Crippen molar-refractivity contribution in [3.05, 3.63) is 30.3 Å². The van der Waals surface area contributed by atoms with Crippen LogP contribution in [-0.4, -0.2) is 30.9 Å². The fraction of sp³-hybridized carbons (Fsp3) is 0.455. The van der Waals surface area contributed by atoms with Crippen LogP contribution < -0.4 is 10.1 Å². The van der Waals surface area contributed by atoms with E-state index in [1.165, 1.54) is 0 Å². The summed E-state index contributed by atoms with van der Waals surface area (Å²) in [5, 5.41) is 12.0. The van der Waals surface area contributed by atoms with Crippen LogP contribution in [-0.2, 0) is 0 Å². The van der Waals surface area contributed by atoms with E-state index in [-0.39, 0.29) is 6.10 Å². The third kappa shape index (κ3) is 4.84. The highest BCUT2D eigenvalue weighted by atomic mass is 16.5. The van der Waals surface area contributed by atoms with Crippen molar-refractivity contribution in [1.29, 1.82) is 0 Å². The van der Waals surface area contributed by atoms with Gasteiger partial charge < -0.3 is 15.2 Å². The first kappa shape index (κ1) is 11.0. The molecular weight excluding hydrogens is 178 g/mol. The van der Waals surface area contributed by atoms with Crippen LogP contribution >= 0.6 is 0 Å². The Labute approximate surface area is 84.7 Å². The predicted octanol–water partition coefficient (Wildman–Crippen LogP) is 1.04. The van der Waals surface area contributed by atoms with Gasteiger partial charge in [-0.25, -0.2) is 0 Å². The number of aliphatic hydroxyl groups is 1. The molecule has 0 heterocycles. The highest BCUT2D eigenvalue weighted by Gasteiger charge is 1.94. The van der Waals surface area contributed by atoms with Gasteiger partial charge in [0.1, 0.15) is 12.4 Å². The molecule has 0 fully saturated rings. The first-order valence-corrected chi connectivity index (χ1v) is 4.85. The smallest absolute Gasteiger partial charge is 0.119 e. The lowest BCUT2D eigenvalue weighted by Gasteiger charge is -2.08. The second-order valence-corrected chi connectivity index (χ2v) is 3.21. The molecule has 78 valence electrons. The Morgan fingerprint density at radius 3 is 2.71 bits per heavy atom. The van der Waals surface area contributed by atoms with Gasteiger partial charge in [-0.2, -0.15) is 0 Å². The Bertz CT molecular complexity index is 236. The van der Waals surface area contributed by atoms with Gasteiger partial charge in [0.15, 0.2) is 0 Å². The molecule has 0 saturated carbocycles. The van der Waals surface area contributed by atoms with Crippen molar-refractivity contribution >= 4 is 0 Å². The molecule has 0 bridgehead atoms. The van der Waals surface area contributed by atoms with Crippen LogP contribution in [0.1, 0.15) is 6.92 Å². The normalized spacial score (nSPS) is 12.4. The van der Waals surface area contributed by atoms with Crippen LogP contribution in [0, 0.1) is 0 Å². The lowest BCUT2D eigenvalue weighted by Crippen LogP contribution is -2.28. The minimum absolute atomic E-state index is 0.299. The molecule has 0 aliphatic carbocycles. The molecule has 3 heteroatoms. The van der Waals surface area contributed by atoms with Gasteiger partial charge in [-0.1, -0.05) is 18.2 Å². The molecule has 1 aromatic carbocycles. The van der Waals surface area contributed by atoms with Crippen LogP contribution in [0.3, 0.4) is 0 Å². The van der Waals surface area contributed by atoms with Gasteiger partial charge in [0.2, 0.25) is 0 Å². The second kappa shape index (κ2) is 6.40. The monoisotopic (exact) mass is 195 g/mol. The number of para-hydroxylation sites is 1. The molecule has 1 rings (SSSR count). The number of hydrogen-bond acceptors (Lipinski definition) is 3. The highest BCUT2D eigenvalue weighted by molar-refractivity contribution is 5.20. The maximum Gasteiger partial charge on any atom is 0.119 e. The van der Waals surface area contributed by atoms with E-state index in [9.17, 15) is 0 Å². The number of rotatable bonds is 6. The third-order valence-electron chi connectivity index (χ3n) is 1.73. The molecule has 0 aromatic heterocycles.